The Labute approximate surface area is 105 Å². The molecule has 19 heavy (non-hydrogen) atoms. The molecule has 0 saturated heterocycles. The molecule has 0 N–H and O–H groups in total. The minimum absolute atomic E-state index is 0.0184. The molecule has 9 nitrogen and oxygen atoms in total. The first-order chi connectivity index (χ1) is 8.91. The van der Waals surface area contributed by atoms with Crippen molar-refractivity contribution in [2.45, 2.75) is 0 Å². The molecule has 0 fully saturated rings. The Balaban J connectivity index is 2.77. The van der Waals surface area contributed by atoms with Gasteiger partial charge in [-0.3, -0.25) is 24.0 Å². The Morgan fingerprint density at radius 1 is 1.32 bits per heavy atom. The summed E-state index contributed by atoms with van der Waals surface area (Å²) in [6, 6.07) is 0. The van der Waals surface area contributed by atoms with Crippen molar-refractivity contribution in [2.75, 3.05) is 0 Å². The molecule has 2 aromatic heterocycles. The van der Waals surface area contributed by atoms with Gasteiger partial charge < -0.3 is 0 Å². The molecule has 2 heterocycles. The van der Waals surface area contributed by atoms with Gasteiger partial charge in [-0.25, -0.2) is 14.8 Å². The van der Waals surface area contributed by atoms with E-state index in [4.69, 9.17) is 0 Å². The number of hydrogen-bond acceptors (Lipinski definition) is 6. The Bertz CT molecular complexity index is 817. The SMILES string of the molecule is Cn1c(=O)c2nc(C=C[N+](=O)[O-])cnc2n(C)c1=O. The lowest BCUT2D eigenvalue weighted by atomic mass is 10.4. The number of hydrogen-bond donors (Lipinski definition) is 0. The number of aromatic nitrogens is 4. The highest BCUT2D eigenvalue weighted by Gasteiger charge is 2.11. The van der Waals surface area contributed by atoms with Crippen LogP contribution in [0.3, 0.4) is 0 Å². The molecule has 0 bridgehead atoms. The van der Waals surface area contributed by atoms with Gasteiger partial charge in [-0.15, -0.1) is 0 Å². The predicted molar refractivity (Wildman–Crippen MR) is 66.0 cm³/mol. The molecule has 98 valence electrons. The fourth-order valence-electron chi connectivity index (χ4n) is 1.56. The summed E-state index contributed by atoms with van der Waals surface area (Å²) in [5.41, 5.74) is -0.830. The summed E-state index contributed by atoms with van der Waals surface area (Å²) in [5.74, 6) is 0. The third-order valence-corrected chi connectivity index (χ3v) is 2.54. The highest BCUT2D eigenvalue weighted by Crippen LogP contribution is 2.03. The van der Waals surface area contributed by atoms with E-state index in [2.05, 4.69) is 9.97 Å². The number of rotatable bonds is 2. The molecule has 0 amide bonds. The minimum Gasteiger partial charge on any atom is -0.279 e. The number of aryl methyl sites for hydroxylation is 1. The number of nitro groups is 1. The highest BCUT2D eigenvalue weighted by atomic mass is 16.6. The monoisotopic (exact) mass is 263 g/mol. The maximum atomic E-state index is 11.9. The van der Waals surface area contributed by atoms with Gasteiger partial charge in [0.05, 0.1) is 16.8 Å². The molecule has 0 aromatic carbocycles. The first-order valence-corrected chi connectivity index (χ1v) is 5.16. The third kappa shape index (κ3) is 2.12. The average Bonchev–Trinajstić information content (AvgIpc) is 2.40. The first kappa shape index (κ1) is 12.6. The molecule has 9 heteroatoms. The topological polar surface area (TPSA) is 113 Å². The normalized spacial score (nSPS) is 11.3. The summed E-state index contributed by atoms with van der Waals surface area (Å²) in [4.78, 5) is 41.0. The summed E-state index contributed by atoms with van der Waals surface area (Å²) in [6.07, 6.45) is 3.07. The van der Waals surface area contributed by atoms with Crippen molar-refractivity contribution in [2.24, 2.45) is 14.1 Å². The summed E-state index contributed by atoms with van der Waals surface area (Å²) in [6.45, 7) is 0. The van der Waals surface area contributed by atoms with Gasteiger partial charge in [-0.2, -0.15) is 0 Å². The number of nitrogens with zero attached hydrogens (tertiary/aromatic N) is 5. The second-order valence-corrected chi connectivity index (χ2v) is 3.77. The molecule has 2 aromatic rings. The first-order valence-electron chi connectivity index (χ1n) is 5.16. The van der Waals surface area contributed by atoms with Crippen LogP contribution in [0.1, 0.15) is 5.69 Å². The predicted octanol–water partition coefficient (Wildman–Crippen LogP) is -0.725. The quantitative estimate of drug-likeness (QED) is 0.521. The largest absolute Gasteiger partial charge is 0.332 e. The second-order valence-electron chi connectivity index (χ2n) is 3.77. The van der Waals surface area contributed by atoms with Crippen molar-refractivity contribution in [3.8, 4) is 0 Å². The Kier molecular flexibility index (Phi) is 2.95. The minimum atomic E-state index is -0.648. The van der Waals surface area contributed by atoms with Crippen LogP contribution in [0.5, 0.6) is 0 Å². The molecule has 0 radical (unpaired) electrons. The second kappa shape index (κ2) is 4.44. The van der Waals surface area contributed by atoms with Crippen LogP contribution in [0, 0.1) is 10.1 Å². The van der Waals surface area contributed by atoms with Crippen LogP contribution in [0.25, 0.3) is 17.2 Å². The maximum absolute atomic E-state index is 11.9. The lowest BCUT2D eigenvalue weighted by Gasteiger charge is -2.05. The third-order valence-electron chi connectivity index (χ3n) is 2.54. The van der Waals surface area contributed by atoms with Crippen molar-refractivity contribution >= 4 is 17.2 Å². The van der Waals surface area contributed by atoms with Gasteiger partial charge in [-0.05, 0) is 0 Å². The Hall–Kier alpha value is -2.84. The van der Waals surface area contributed by atoms with E-state index in [9.17, 15) is 19.7 Å². The lowest BCUT2D eigenvalue weighted by Crippen LogP contribution is -2.37. The van der Waals surface area contributed by atoms with Gasteiger partial charge >= 0.3 is 5.69 Å². The zero-order chi connectivity index (χ0) is 14.2. The van der Waals surface area contributed by atoms with E-state index in [-0.39, 0.29) is 16.9 Å². The molecular weight excluding hydrogens is 254 g/mol. The molecular formula is C10H9N5O4. The van der Waals surface area contributed by atoms with Crippen LogP contribution in [0.2, 0.25) is 0 Å². The standard InChI is InChI=1S/C10H9N5O4/c1-13-8-7(9(16)14(2)10(13)17)12-6(5-11-8)3-4-15(18)19/h3-5H,1-2H3. The van der Waals surface area contributed by atoms with E-state index in [0.29, 0.717) is 6.20 Å². The molecule has 0 aliphatic rings. The molecule has 0 aliphatic carbocycles. The van der Waals surface area contributed by atoms with E-state index < -0.39 is 16.2 Å². The van der Waals surface area contributed by atoms with Crippen LogP contribution >= 0.6 is 0 Å². The van der Waals surface area contributed by atoms with Crippen LogP contribution in [-0.4, -0.2) is 24.0 Å². The molecule has 0 unspecified atom stereocenters. The van der Waals surface area contributed by atoms with E-state index >= 15 is 0 Å². The van der Waals surface area contributed by atoms with Gasteiger partial charge in [0.25, 0.3) is 5.56 Å². The van der Waals surface area contributed by atoms with E-state index in [0.717, 1.165) is 10.6 Å². The molecule has 0 atom stereocenters. The van der Waals surface area contributed by atoms with Crippen LogP contribution < -0.4 is 11.2 Å². The molecule has 2 rings (SSSR count). The van der Waals surface area contributed by atoms with Crippen molar-refractivity contribution in [1.82, 2.24) is 19.1 Å². The fourth-order valence-corrected chi connectivity index (χ4v) is 1.56. The average molecular weight is 263 g/mol. The van der Waals surface area contributed by atoms with Crippen molar-refractivity contribution in [3.05, 3.63) is 49.0 Å². The summed E-state index contributed by atoms with van der Waals surface area (Å²) in [7, 11) is 2.79. The van der Waals surface area contributed by atoms with Crippen LogP contribution in [0.15, 0.2) is 22.0 Å². The zero-order valence-electron chi connectivity index (χ0n) is 10.1. The van der Waals surface area contributed by atoms with E-state index in [1.807, 2.05) is 0 Å². The Morgan fingerprint density at radius 3 is 2.63 bits per heavy atom. The van der Waals surface area contributed by atoms with Gasteiger partial charge in [0.2, 0.25) is 6.20 Å². The Morgan fingerprint density at radius 2 is 2.00 bits per heavy atom. The van der Waals surface area contributed by atoms with Crippen molar-refractivity contribution in [3.63, 3.8) is 0 Å². The molecule has 0 aliphatic heterocycles. The summed E-state index contributed by atoms with van der Waals surface area (Å²) >= 11 is 0. The van der Waals surface area contributed by atoms with Crippen LogP contribution in [-0.2, 0) is 14.1 Å². The van der Waals surface area contributed by atoms with E-state index in [1.54, 1.807) is 0 Å². The smallest absolute Gasteiger partial charge is 0.279 e. The highest BCUT2D eigenvalue weighted by molar-refractivity contribution is 5.69. The van der Waals surface area contributed by atoms with Crippen molar-refractivity contribution < 1.29 is 4.92 Å². The molecule has 0 saturated carbocycles. The zero-order valence-corrected chi connectivity index (χ0v) is 10.1. The summed E-state index contributed by atoms with van der Waals surface area (Å²) in [5, 5.41) is 10.2. The van der Waals surface area contributed by atoms with Gasteiger partial charge in [0.15, 0.2) is 11.2 Å². The maximum Gasteiger partial charge on any atom is 0.332 e. The lowest BCUT2D eigenvalue weighted by molar-refractivity contribution is -0.401. The van der Waals surface area contributed by atoms with Gasteiger partial charge in [0, 0.05) is 20.2 Å². The summed E-state index contributed by atoms with van der Waals surface area (Å²) < 4.78 is 2.09. The van der Waals surface area contributed by atoms with Gasteiger partial charge in [-0.1, -0.05) is 0 Å². The van der Waals surface area contributed by atoms with Crippen LogP contribution in [0.4, 0.5) is 0 Å². The fraction of sp³-hybridized carbons (Fsp3) is 0.200. The number of fused-ring (bicyclic) bond motifs is 1. The van der Waals surface area contributed by atoms with Gasteiger partial charge in [0.1, 0.15) is 0 Å². The molecule has 0 spiro atoms. The van der Waals surface area contributed by atoms with E-state index in [1.165, 1.54) is 24.9 Å². The van der Waals surface area contributed by atoms with Crippen molar-refractivity contribution in [1.29, 1.82) is 0 Å².